The lowest BCUT2D eigenvalue weighted by Gasteiger charge is -2.20. The van der Waals surface area contributed by atoms with E-state index in [1.54, 1.807) is 18.2 Å². The van der Waals surface area contributed by atoms with Crippen LogP contribution in [0.1, 0.15) is 24.0 Å². The van der Waals surface area contributed by atoms with E-state index in [0.717, 1.165) is 12.1 Å². The predicted molar refractivity (Wildman–Crippen MR) is 103 cm³/mol. The van der Waals surface area contributed by atoms with Crippen molar-refractivity contribution in [3.8, 4) is 5.75 Å². The summed E-state index contributed by atoms with van der Waals surface area (Å²) in [4.78, 5) is 24.1. The highest BCUT2D eigenvalue weighted by Crippen LogP contribution is 2.43. The summed E-state index contributed by atoms with van der Waals surface area (Å²) in [6, 6.07) is 6.62. The number of Topliss-reactive ketones (excluding diaryl/α,β-unsaturated/α-hetero) is 1. The normalized spacial score (nSPS) is 17.3. The molecule has 0 fully saturated rings. The first kappa shape index (κ1) is 20.0. The van der Waals surface area contributed by atoms with Crippen LogP contribution in [0.4, 0.5) is 13.2 Å². The Bertz CT molecular complexity index is 1200. The number of rotatable bonds is 3. The molecule has 0 aliphatic heterocycles. The molecule has 156 valence electrons. The van der Waals surface area contributed by atoms with Gasteiger partial charge in [0.1, 0.15) is 11.5 Å². The number of esters is 1. The third-order valence-corrected chi connectivity index (χ3v) is 5.32. The van der Waals surface area contributed by atoms with Crippen LogP contribution in [-0.2, 0) is 20.5 Å². The minimum atomic E-state index is -4.51. The number of allylic oxidation sites excluding steroid dienone is 2. The Morgan fingerprint density at radius 3 is 2.60 bits per heavy atom. The number of alkyl halides is 3. The Balaban J connectivity index is 1.96. The molecular formula is C22H17F3O5. The van der Waals surface area contributed by atoms with E-state index >= 15 is 0 Å². The predicted octanol–water partition coefficient (Wildman–Crippen LogP) is 5.15. The fourth-order valence-corrected chi connectivity index (χ4v) is 3.82. The first-order valence-electron chi connectivity index (χ1n) is 9.15. The molecule has 0 saturated heterocycles. The van der Waals surface area contributed by atoms with Crippen LogP contribution in [-0.4, -0.2) is 26.0 Å². The van der Waals surface area contributed by atoms with E-state index in [1.165, 1.54) is 20.3 Å². The van der Waals surface area contributed by atoms with Gasteiger partial charge in [-0.3, -0.25) is 9.59 Å². The van der Waals surface area contributed by atoms with E-state index in [1.807, 2.05) is 0 Å². The highest BCUT2D eigenvalue weighted by molar-refractivity contribution is 6.13. The van der Waals surface area contributed by atoms with Gasteiger partial charge < -0.3 is 13.9 Å². The Morgan fingerprint density at radius 1 is 1.17 bits per heavy atom. The number of methoxy groups -OCH3 is 2. The molecule has 5 nitrogen and oxygen atoms in total. The molecule has 2 aromatic carbocycles. The van der Waals surface area contributed by atoms with Crippen molar-refractivity contribution < 1.29 is 36.7 Å². The van der Waals surface area contributed by atoms with Crippen LogP contribution in [0.2, 0.25) is 0 Å². The van der Waals surface area contributed by atoms with E-state index in [2.05, 4.69) is 0 Å². The lowest BCUT2D eigenvalue weighted by molar-refractivity contribution is -0.149. The van der Waals surface area contributed by atoms with Gasteiger partial charge in [-0.1, -0.05) is 12.1 Å². The molecule has 1 aromatic heterocycles. The number of carbonyl (C=O) groups excluding carboxylic acids is 2. The van der Waals surface area contributed by atoms with Crippen LogP contribution in [0.15, 0.2) is 40.8 Å². The molecule has 1 atom stereocenters. The fourth-order valence-electron chi connectivity index (χ4n) is 3.82. The molecule has 4 rings (SSSR count). The quantitative estimate of drug-likeness (QED) is 0.435. The number of fused-ring (bicyclic) bond motifs is 3. The Kier molecular flexibility index (Phi) is 4.80. The fraction of sp³-hybridized carbons (Fsp3) is 0.273. The molecule has 0 spiro atoms. The Hall–Kier alpha value is -3.29. The summed E-state index contributed by atoms with van der Waals surface area (Å²) in [5.41, 5.74) is 1.03. The third-order valence-electron chi connectivity index (χ3n) is 5.32. The summed E-state index contributed by atoms with van der Waals surface area (Å²) in [6.45, 7) is 0. The standard InChI is InChI=1S/C22H17F3O5/c1-28-18-8-5-13(11-3-6-16(26)14(9-11)21(27)29-2)19-15-10-12(22(23,24)25)4-7-17(15)30-20(18)19/h3-5,7-8,10,14H,6,9H2,1-2H3. The van der Waals surface area contributed by atoms with Gasteiger partial charge in [0.05, 0.1) is 19.8 Å². The van der Waals surface area contributed by atoms with Gasteiger partial charge in [-0.15, -0.1) is 0 Å². The van der Waals surface area contributed by atoms with Crippen molar-refractivity contribution >= 4 is 39.3 Å². The summed E-state index contributed by atoms with van der Waals surface area (Å²) >= 11 is 0. The summed E-state index contributed by atoms with van der Waals surface area (Å²) in [6.07, 6.45) is -2.69. The molecule has 0 saturated carbocycles. The van der Waals surface area contributed by atoms with E-state index in [9.17, 15) is 22.8 Å². The van der Waals surface area contributed by atoms with E-state index in [4.69, 9.17) is 13.9 Å². The largest absolute Gasteiger partial charge is 0.493 e. The molecule has 30 heavy (non-hydrogen) atoms. The lowest BCUT2D eigenvalue weighted by atomic mass is 9.83. The zero-order valence-electron chi connectivity index (χ0n) is 16.1. The van der Waals surface area contributed by atoms with Crippen molar-refractivity contribution in [1.82, 2.24) is 0 Å². The van der Waals surface area contributed by atoms with Crippen molar-refractivity contribution in [2.45, 2.75) is 19.0 Å². The monoisotopic (exact) mass is 418 g/mol. The van der Waals surface area contributed by atoms with Crippen LogP contribution in [0.3, 0.4) is 0 Å². The van der Waals surface area contributed by atoms with Gasteiger partial charge in [0.2, 0.25) is 0 Å². The molecule has 0 amide bonds. The average Bonchev–Trinajstić information content (AvgIpc) is 3.11. The van der Waals surface area contributed by atoms with Crippen LogP contribution >= 0.6 is 0 Å². The summed E-state index contributed by atoms with van der Waals surface area (Å²) < 4.78 is 55.7. The van der Waals surface area contributed by atoms with E-state index in [-0.39, 0.29) is 29.6 Å². The van der Waals surface area contributed by atoms with Crippen LogP contribution in [0.5, 0.6) is 5.75 Å². The third kappa shape index (κ3) is 3.22. The first-order valence-corrected chi connectivity index (χ1v) is 9.15. The van der Waals surface area contributed by atoms with E-state index < -0.39 is 23.6 Å². The molecule has 0 N–H and O–H groups in total. The highest BCUT2D eigenvalue weighted by Gasteiger charge is 2.34. The van der Waals surface area contributed by atoms with Crippen LogP contribution in [0.25, 0.3) is 27.5 Å². The van der Waals surface area contributed by atoms with Gasteiger partial charge in [-0.05, 0) is 41.8 Å². The number of hydrogen-bond donors (Lipinski definition) is 0. The number of ether oxygens (including phenoxy) is 2. The average molecular weight is 418 g/mol. The van der Waals surface area contributed by atoms with E-state index in [0.29, 0.717) is 27.9 Å². The number of halogens is 3. The van der Waals surface area contributed by atoms with Gasteiger partial charge >= 0.3 is 12.1 Å². The molecule has 1 heterocycles. The molecule has 1 unspecified atom stereocenters. The maximum Gasteiger partial charge on any atom is 0.416 e. The number of carbonyl (C=O) groups is 2. The summed E-state index contributed by atoms with van der Waals surface area (Å²) in [7, 11) is 2.65. The smallest absolute Gasteiger partial charge is 0.416 e. The minimum Gasteiger partial charge on any atom is -0.493 e. The van der Waals surface area contributed by atoms with Gasteiger partial charge in [-0.2, -0.15) is 13.2 Å². The second-order valence-electron chi connectivity index (χ2n) is 7.01. The molecule has 8 heteroatoms. The number of benzene rings is 2. The van der Waals surface area contributed by atoms with Crippen LogP contribution < -0.4 is 4.74 Å². The van der Waals surface area contributed by atoms with Crippen molar-refractivity contribution in [2.75, 3.05) is 14.2 Å². The molecule has 0 bridgehead atoms. The van der Waals surface area contributed by atoms with Gasteiger partial charge in [-0.25, -0.2) is 0 Å². The van der Waals surface area contributed by atoms with Crippen molar-refractivity contribution in [2.24, 2.45) is 5.92 Å². The van der Waals surface area contributed by atoms with Gasteiger partial charge in [0.15, 0.2) is 17.1 Å². The summed E-state index contributed by atoms with van der Waals surface area (Å²) in [5, 5.41) is 0.723. The van der Waals surface area contributed by atoms with Crippen molar-refractivity contribution in [1.29, 1.82) is 0 Å². The summed E-state index contributed by atoms with van der Waals surface area (Å²) in [5.74, 6) is -1.47. The lowest BCUT2D eigenvalue weighted by Crippen LogP contribution is -2.27. The number of hydrogen-bond acceptors (Lipinski definition) is 5. The topological polar surface area (TPSA) is 65.7 Å². The van der Waals surface area contributed by atoms with Crippen LogP contribution in [0, 0.1) is 5.92 Å². The minimum absolute atomic E-state index is 0.0339. The zero-order chi connectivity index (χ0) is 21.6. The molecule has 0 radical (unpaired) electrons. The second-order valence-corrected chi connectivity index (χ2v) is 7.01. The maximum absolute atomic E-state index is 13.3. The van der Waals surface area contributed by atoms with Gasteiger partial charge in [0.25, 0.3) is 0 Å². The highest BCUT2D eigenvalue weighted by atomic mass is 19.4. The Labute approximate surface area is 169 Å². The van der Waals surface area contributed by atoms with Crippen molar-refractivity contribution in [3.05, 3.63) is 47.5 Å². The SMILES string of the molecule is COC(=O)C1CC(c2ccc(OC)c3oc4ccc(C(F)(F)F)cc4c23)=CCC1=O. The number of ketones is 1. The number of furan rings is 1. The molecule has 1 aliphatic rings. The Morgan fingerprint density at radius 2 is 1.93 bits per heavy atom. The van der Waals surface area contributed by atoms with Crippen molar-refractivity contribution in [3.63, 3.8) is 0 Å². The molecular weight excluding hydrogens is 401 g/mol. The van der Waals surface area contributed by atoms with Gasteiger partial charge in [0, 0.05) is 17.2 Å². The second kappa shape index (κ2) is 7.19. The molecule has 1 aliphatic carbocycles. The maximum atomic E-state index is 13.3. The zero-order valence-corrected chi connectivity index (χ0v) is 16.1. The molecule has 3 aromatic rings. The first-order chi connectivity index (χ1) is 14.2.